The summed E-state index contributed by atoms with van der Waals surface area (Å²) in [4.78, 5) is 3.54. The molecule has 0 amide bonds. The van der Waals surface area contributed by atoms with Gasteiger partial charge in [-0.15, -0.1) is 0 Å². The molecule has 0 saturated carbocycles. The van der Waals surface area contributed by atoms with Crippen LogP contribution in [0, 0.1) is 5.82 Å². The third-order valence-corrected chi connectivity index (χ3v) is 3.80. The van der Waals surface area contributed by atoms with E-state index in [9.17, 15) is 12.8 Å². The molecule has 1 aromatic heterocycles. The minimum Gasteiger partial charge on any atom is -0.490 e. The molecule has 1 heterocycles. The van der Waals surface area contributed by atoms with E-state index < -0.39 is 15.8 Å². The van der Waals surface area contributed by atoms with Crippen molar-refractivity contribution in [2.45, 2.75) is 0 Å². The van der Waals surface area contributed by atoms with Crippen molar-refractivity contribution >= 4 is 21.4 Å². The first kappa shape index (κ1) is 15.0. The number of hydrogen-bond acceptors (Lipinski definition) is 5. The summed E-state index contributed by atoms with van der Waals surface area (Å²) in [5.74, 6) is -0.666. The summed E-state index contributed by atoms with van der Waals surface area (Å²) in [6.07, 6.45) is 2.22. The zero-order valence-electron chi connectivity index (χ0n) is 11.0. The Morgan fingerprint density at radius 1 is 1.29 bits per heavy atom. The predicted octanol–water partition coefficient (Wildman–Crippen LogP) is 1.62. The maximum Gasteiger partial charge on any atom is 0.236 e. The summed E-state index contributed by atoms with van der Waals surface area (Å²) in [7, 11) is -3.72. The van der Waals surface area contributed by atoms with Crippen LogP contribution in [0.2, 0.25) is 0 Å². The number of aromatic nitrogens is 1. The monoisotopic (exact) mass is 311 g/mol. The van der Waals surface area contributed by atoms with Crippen LogP contribution in [0.25, 0.3) is 0 Å². The zero-order chi connectivity index (χ0) is 15.3. The van der Waals surface area contributed by atoms with Gasteiger partial charge in [-0.25, -0.2) is 12.8 Å². The van der Waals surface area contributed by atoms with Gasteiger partial charge in [-0.2, -0.15) is 0 Å². The van der Waals surface area contributed by atoms with Gasteiger partial charge in [0.1, 0.15) is 18.1 Å². The van der Waals surface area contributed by atoms with Crippen molar-refractivity contribution in [1.82, 2.24) is 4.98 Å². The number of hydrogen-bond donors (Lipinski definition) is 2. The molecule has 3 N–H and O–H groups in total. The Kier molecular flexibility index (Phi) is 4.59. The van der Waals surface area contributed by atoms with Crippen LogP contribution in [0.4, 0.5) is 15.8 Å². The highest BCUT2D eigenvalue weighted by molar-refractivity contribution is 7.92. The number of sulfonamides is 1. The lowest BCUT2D eigenvalue weighted by Crippen LogP contribution is -2.22. The van der Waals surface area contributed by atoms with E-state index in [0.29, 0.717) is 11.4 Å². The maximum absolute atomic E-state index is 13.3. The average Bonchev–Trinajstić information content (AvgIpc) is 2.43. The van der Waals surface area contributed by atoms with Gasteiger partial charge in [0.25, 0.3) is 0 Å². The van der Waals surface area contributed by atoms with Crippen LogP contribution >= 0.6 is 0 Å². The second-order valence-electron chi connectivity index (χ2n) is 4.16. The van der Waals surface area contributed by atoms with Gasteiger partial charge in [0.05, 0.1) is 17.6 Å². The Balaban J connectivity index is 1.93. The lowest BCUT2D eigenvalue weighted by atomic mass is 10.3. The first-order valence-electron chi connectivity index (χ1n) is 6.05. The highest BCUT2D eigenvalue weighted by Gasteiger charge is 2.13. The fourth-order valence-corrected chi connectivity index (χ4v) is 2.46. The van der Waals surface area contributed by atoms with Gasteiger partial charge in [0, 0.05) is 6.20 Å². The first-order chi connectivity index (χ1) is 9.98. The Labute approximate surface area is 121 Å². The lowest BCUT2D eigenvalue weighted by molar-refractivity contribution is 0.343. The fourth-order valence-electron chi connectivity index (χ4n) is 1.55. The number of nitrogens with two attached hydrogens (primary N) is 1. The normalized spacial score (nSPS) is 11.1. The van der Waals surface area contributed by atoms with Crippen molar-refractivity contribution in [2.75, 3.05) is 22.8 Å². The molecule has 0 aliphatic rings. The van der Waals surface area contributed by atoms with Crippen LogP contribution in [0.15, 0.2) is 42.7 Å². The molecule has 2 aromatic rings. The molecular formula is C13H14FN3O3S. The number of halogens is 1. The average molecular weight is 311 g/mol. The van der Waals surface area contributed by atoms with Gasteiger partial charge in [-0.1, -0.05) is 12.1 Å². The molecule has 2 rings (SSSR count). The number of para-hydroxylation sites is 2. The number of nitrogens with zero attached hydrogens (tertiary/aromatic N) is 1. The maximum atomic E-state index is 13.3. The number of pyridine rings is 1. The second kappa shape index (κ2) is 6.40. The minimum absolute atomic E-state index is 0.101. The molecule has 0 atom stereocenters. The van der Waals surface area contributed by atoms with E-state index in [4.69, 9.17) is 10.5 Å². The molecule has 0 saturated heterocycles. The molecule has 0 bridgehead atoms. The largest absolute Gasteiger partial charge is 0.490 e. The van der Waals surface area contributed by atoms with Crippen molar-refractivity contribution < 1.29 is 17.5 Å². The van der Waals surface area contributed by atoms with Crippen molar-refractivity contribution in [3.63, 3.8) is 0 Å². The molecular weight excluding hydrogens is 297 g/mol. The molecule has 0 fully saturated rings. The summed E-state index contributed by atoms with van der Waals surface area (Å²) < 4.78 is 44.4. The number of nitrogen functional groups attached to an aromatic ring is 1. The molecule has 0 aliphatic heterocycles. The molecule has 0 unspecified atom stereocenters. The number of ether oxygens (including phenoxy) is 1. The van der Waals surface area contributed by atoms with Crippen LogP contribution < -0.4 is 15.2 Å². The molecule has 1 aromatic carbocycles. The van der Waals surface area contributed by atoms with Gasteiger partial charge < -0.3 is 10.5 Å². The Morgan fingerprint density at radius 2 is 2.05 bits per heavy atom. The molecule has 21 heavy (non-hydrogen) atoms. The smallest absolute Gasteiger partial charge is 0.236 e. The number of rotatable bonds is 6. The summed E-state index contributed by atoms with van der Waals surface area (Å²) >= 11 is 0. The van der Waals surface area contributed by atoms with E-state index in [-0.39, 0.29) is 18.0 Å². The van der Waals surface area contributed by atoms with Crippen LogP contribution in [-0.2, 0) is 10.0 Å². The topological polar surface area (TPSA) is 94.3 Å². The molecule has 112 valence electrons. The second-order valence-corrected chi connectivity index (χ2v) is 6.00. The van der Waals surface area contributed by atoms with Gasteiger partial charge in [-0.05, 0) is 18.2 Å². The standard InChI is InChI=1S/C13H14FN3O3S/c14-10-9-16-6-5-12(10)17-21(18,19)8-7-20-13-4-2-1-3-11(13)15/h1-6,9H,7-8,15H2,(H,16,17). The van der Waals surface area contributed by atoms with Crippen molar-refractivity contribution in [3.8, 4) is 5.75 Å². The van der Waals surface area contributed by atoms with Crippen molar-refractivity contribution in [3.05, 3.63) is 48.5 Å². The molecule has 6 nitrogen and oxygen atoms in total. The van der Waals surface area contributed by atoms with Crippen molar-refractivity contribution in [1.29, 1.82) is 0 Å². The lowest BCUT2D eigenvalue weighted by Gasteiger charge is -2.10. The van der Waals surface area contributed by atoms with E-state index in [2.05, 4.69) is 9.71 Å². The van der Waals surface area contributed by atoms with Gasteiger partial charge in [0.15, 0.2) is 5.82 Å². The van der Waals surface area contributed by atoms with Crippen LogP contribution in [0.3, 0.4) is 0 Å². The molecule has 0 aliphatic carbocycles. The zero-order valence-corrected chi connectivity index (χ0v) is 11.8. The van der Waals surface area contributed by atoms with E-state index >= 15 is 0 Å². The van der Waals surface area contributed by atoms with E-state index in [1.807, 2.05) is 0 Å². The molecule has 8 heteroatoms. The summed E-state index contributed by atoms with van der Waals surface area (Å²) in [5.41, 5.74) is 5.94. The van der Waals surface area contributed by atoms with Crippen LogP contribution in [0.1, 0.15) is 0 Å². The Bertz CT molecular complexity index is 722. The Morgan fingerprint density at radius 3 is 2.76 bits per heavy atom. The predicted molar refractivity (Wildman–Crippen MR) is 78.0 cm³/mol. The third kappa shape index (κ3) is 4.32. The third-order valence-electron chi connectivity index (χ3n) is 2.57. The number of nitrogens with one attached hydrogen (secondary N) is 1. The number of benzene rings is 1. The summed E-state index contributed by atoms with van der Waals surface area (Å²) in [6.45, 7) is -0.101. The SMILES string of the molecule is Nc1ccccc1OCCS(=O)(=O)Nc1ccncc1F. The van der Waals surface area contributed by atoms with Crippen LogP contribution in [-0.4, -0.2) is 25.8 Å². The van der Waals surface area contributed by atoms with Gasteiger partial charge in [-0.3, -0.25) is 9.71 Å². The van der Waals surface area contributed by atoms with E-state index in [1.54, 1.807) is 24.3 Å². The van der Waals surface area contributed by atoms with Gasteiger partial charge >= 0.3 is 0 Å². The number of anilines is 2. The van der Waals surface area contributed by atoms with Gasteiger partial charge in [0.2, 0.25) is 10.0 Å². The quantitative estimate of drug-likeness (QED) is 0.791. The fraction of sp³-hybridized carbons (Fsp3) is 0.154. The summed E-state index contributed by atoms with van der Waals surface area (Å²) in [6, 6.07) is 7.99. The summed E-state index contributed by atoms with van der Waals surface area (Å²) in [5, 5.41) is 0. The van der Waals surface area contributed by atoms with Crippen molar-refractivity contribution in [2.24, 2.45) is 0 Å². The molecule has 0 spiro atoms. The van der Waals surface area contributed by atoms with E-state index in [0.717, 1.165) is 6.20 Å². The van der Waals surface area contributed by atoms with E-state index in [1.165, 1.54) is 12.3 Å². The highest BCUT2D eigenvalue weighted by Crippen LogP contribution is 2.19. The van der Waals surface area contributed by atoms with Crippen LogP contribution in [0.5, 0.6) is 5.75 Å². The molecule has 0 radical (unpaired) electrons. The Hall–Kier alpha value is -2.35. The first-order valence-corrected chi connectivity index (χ1v) is 7.70. The highest BCUT2D eigenvalue weighted by atomic mass is 32.2. The minimum atomic E-state index is -3.72.